The summed E-state index contributed by atoms with van der Waals surface area (Å²) >= 11 is 0. The van der Waals surface area contributed by atoms with Crippen molar-refractivity contribution in [2.24, 2.45) is 0 Å². The minimum atomic E-state index is -1.63. The first kappa shape index (κ1) is 67.7. The van der Waals surface area contributed by atoms with E-state index in [0.29, 0.717) is 23.9 Å². The van der Waals surface area contributed by atoms with Crippen LogP contribution >= 0.6 is 0 Å². The molecule has 0 rings (SSSR count). The van der Waals surface area contributed by atoms with Gasteiger partial charge < -0.3 is 33.3 Å². The highest BCUT2D eigenvalue weighted by atomic mass is 16.7. The number of carboxylic acids is 1. The van der Waals surface area contributed by atoms with Gasteiger partial charge in [0, 0.05) is 12.8 Å². The van der Waals surface area contributed by atoms with Crippen LogP contribution in [0.2, 0.25) is 0 Å². The number of hydrogen-bond donors (Lipinski definition) is 0. The third kappa shape index (κ3) is 54.3. The van der Waals surface area contributed by atoms with Gasteiger partial charge in [-0.1, -0.05) is 241 Å². The summed E-state index contributed by atoms with van der Waals surface area (Å²) < 4.78 is 22.7. The number of nitrogens with zero attached hydrogens (tertiary/aromatic N) is 1. The Morgan fingerprint density at radius 2 is 0.803 bits per heavy atom. The molecule has 2 unspecified atom stereocenters. The fourth-order valence-corrected chi connectivity index (χ4v) is 8.01. The Hall–Kier alpha value is -3.27. The van der Waals surface area contributed by atoms with Gasteiger partial charge >= 0.3 is 11.9 Å². The van der Waals surface area contributed by atoms with Crippen LogP contribution in [0.4, 0.5) is 0 Å². The lowest BCUT2D eigenvalue weighted by Gasteiger charge is -2.26. The molecule has 0 saturated heterocycles. The molecule has 0 aliphatic rings. The molecule has 0 fully saturated rings. The van der Waals surface area contributed by atoms with Gasteiger partial charge in [-0.15, -0.1) is 0 Å². The highest BCUT2D eigenvalue weighted by Crippen LogP contribution is 2.16. The lowest BCUT2D eigenvalue weighted by molar-refractivity contribution is -0.870. The van der Waals surface area contributed by atoms with Gasteiger partial charge in [0.2, 0.25) is 0 Å². The Bertz CT molecular complexity index is 1390. The Morgan fingerprint density at radius 3 is 1.20 bits per heavy atom. The lowest BCUT2D eigenvalue weighted by atomic mass is 10.0. The molecule has 0 aromatic heterocycles. The van der Waals surface area contributed by atoms with Gasteiger partial charge in [-0.2, -0.15) is 0 Å². The van der Waals surface area contributed by atoms with Crippen LogP contribution in [-0.2, 0) is 33.3 Å². The topological polar surface area (TPSA) is 111 Å². The molecule has 0 heterocycles. The number of quaternary nitrogens is 1. The SMILES string of the molecule is CC/C=C\C/C=C\C/C=C\C/C=C\C/C=C\C/C=C\CCCCCCCCCCC(=O)OC(COC(=O)CCCCCCCCCCCCCCCCCCCCC)COC(OCC[N+](C)(C)C)C(=O)[O-]. The summed E-state index contributed by atoms with van der Waals surface area (Å²) in [5.41, 5.74) is 0. The number of esters is 2. The molecule has 0 spiro atoms. The monoisotopic (exact) mass is 996 g/mol. The van der Waals surface area contributed by atoms with Crippen LogP contribution in [0.25, 0.3) is 0 Å². The van der Waals surface area contributed by atoms with Gasteiger partial charge in [-0.05, 0) is 64.2 Å². The Labute approximate surface area is 437 Å². The van der Waals surface area contributed by atoms with Crippen LogP contribution in [0.15, 0.2) is 72.9 Å². The number of unbranched alkanes of at least 4 members (excludes halogenated alkanes) is 26. The largest absolute Gasteiger partial charge is 0.545 e. The Balaban J connectivity index is 4.27. The van der Waals surface area contributed by atoms with Crippen molar-refractivity contribution in [2.75, 3.05) is 47.5 Å². The van der Waals surface area contributed by atoms with E-state index < -0.39 is 24.3 Å². The van der Waals surface area contributed by atoms with E-state index in [-0.39, 0.29) is 32.2 Å². The van der Waals surface area contributed by atoms with Crippen molar-refractivity contribution in [1.29, 1.82) is 0 Å². The second kappa shape index (κ2) is 53.0. The number of carbonyl (C=O) groups excluding carboxylic acids is 3. The molecule has 0 amide bonds. The highest BCUT2D eigenvalue weighted by Gasteiger charge is 2.22. The molecule has 9 nitrogen and oxygen atoms in total. The summed E-state index contributed by atoms with van der Waals surface area (Å²) in [6, 6.07) is 0. The average molecular weight is 997 g/mol. The number of carboxylic acid groups (broad SMARTS) is 1. The molecule has 0 bridgehead atoms. The molecule has 0 aliphatic heterocycles. The summed E-state index contributed by atoms with van der Waals surface area (Å²) in [7, 11) is 5.92. The van der Waals surface area contributed by atoms with Crippen LogP contribution in [0, 0.1) is 0 Å². The summed E-state index contributed by atoms with van der Waals surface area (Å²) in [5.74, 6) is -2.29. The number of allylic oxidation sites excluding steroid dienone is 12. The van der Waals surface area contributed by atoms with Crippen LogP contribution in [0.1, 0.15) is 245 Å². The fraction of sp³-hybridized carbons (Fsp3) is 0.758. The molecule has 0 aliphatic carbocycles. The maximum absolute atomic E-state index is 12.9. The highest BCUT2D eigenvalue weighted by molar-refractivity contribution is 5.70. The van der Waals surface area contributed by atoms with Crippen LogP contribution < -0.4 is 5.11 Å². The fourth-order valence-electron chi connectivity index (χ4n) is 8.01. The molecule has 0 aromatic rings. The van der Waals surface area contributed by atoms with Crippen molar-refractivity contribution >= 4 is 17.9 Å². The van der Waals surface area contributed by atoms with Crippen LogP contribution in [0.3, 0.4) is 0 Å². The molecule has 2 atom stereocenters. The van der Waals surface area contributed by atoms with Crippen LogP contribution in [-0.4, -0.2) is 82.3 Å². The summed E-state index contributed by atoms with van der Waals surface area (Å²) in [4.78, 5) is 37.3. The van der Waals surface area contributed by atoms with Crippen molar-refractivity contribution in [3.05, 3.63) is 72.9 Å². The second-order valence-corrected chi connectivity index (χ2v) is 20.6. The second-order valence-electron chi connectivity index (χ2n) is 20.6. The standard InChI is InChI=1S/C62H109NO8/c1-6-8-10-12-14-16-18-20-22-24-26-27-28-29-30-31-32-33-35-37-39-41-43-45-47-49-51-53-60(65)71-58(57-70-62(61(66)67)68-55-54-63(3,4)5)56-69-59(64)52-50-48-46-44-42-40-38-36-34-25-23-21-19-17-15-13-11-9-7-2/h8,10,14,16,20,22,26-27,29-30,32-33,58,62H,6-7,9,11-13,15,17-19,21,23-25,28,31,34-57H2,1-5H3/b10-8-,16-14-,22-20-,27-26-,30-29-,33-32-. The van der Waals surface area contributed by atoms with Gasteiger partial charge in [0.05, 0.1) is 40.3 Å². The average Bonchev–Trinajstić information content (AvgIpc) is 3.34. The number of carbonyl (C=O) groups is 3. The van der Waals surface area contributed by atoms with Crippen molar-refractivity contribution < 1.29 is 42.9 Å². The first-order valence-corrected chi connectivity index (χ1v) is 29.1. The molecular formula is C62H109NO8. The van der Waals surface area contributed by atoms with E-state index in [9.17, 15) is 19.5 Å². The number of rotatable bonds is 53. The molecule has 9 heteroatoms. The van der Waals surface area contributed by atoms with E-state index in [4.69, 9.17) is 18.9 Å². The predicted octanol–water partition coefficient (Wildman–Crippen LogP) is 15.7. The Kier molecular flexibility index (Phi) is 50.6. The minimum absolute atomic E-state index is 0.144. The Morgan fingerprint density at radius 1 is 0.437 bits per heavy atom. The molecule has 0 N–H and O–H groups in total. The van der Waals surface area contributed by atoms with E-state index in [1.807, 2.05) is 21.1 Å². The summed E-state index contributed by atoms with van der Waals surface area (Å²) in [6.45, 7) is 4.64. The van der Waals surface area contributed by atoms with Crippen molar-refractivity contribution in [3.8, 4) is 0 Å². The van der Waals surface area contributed by atoms with Gasteiger partial charge in [0.1, 0.15) is 13.2 Å². The zero-order valence-corrected chi connectivity index (χ0v) is 46.6. The number of hydrogen-bond acceptors (Lipinski definition) is 8. The van der Waals surface area contributed by atoms with Gasteiger partial charge in [0.25, 0.3) is 0 Å². The normalized spacial score (nSPS) is 13.3. The smallest absolute Gasteiger partial charge is 0.306 e. The first-order chi connectivity index (χ1) is 34.6. The molecular weight excluding hydrogens is 887 g/mol. The van der Waals surface area contributed by atoms with E-state index in [1.54, 1.807) is 0 Å². The molecule has 71 heavy (non-hydrogen) atoms. The molecule has 0 aromatic carbocycles. The van der Waals surface area contributed by atoms with E-state index in [1.165, 1.54) is 128 Å². The third-order valence-electron chi connectivity index (χ3n) is 12.5. The van der Waals surface area contributed by atoms with E-state index in [0.717, 1.165) is 83.5 Å². The zero-order chi connectivity index (χ0) is 52.0. The van der Waals surface area contributed by atoms with Gasteiger partial charge in [-0.3, -0.25) is 9.59 Å². The summed E-state index contributed by atoms with van der Waals surface area (Å²) in [6.07, 6.45) is 65.1. The van der Waals surface area contributed by atoms with Crippen LogP contribution in [0.5, 0.6) is 0 Å². The molecule has 0 radical (unpaired) electrons. The van der Waals surface area contributed by atoms with Crippen molar-refractivity contribution in [1.82, 2.24) is 0 Å². The lowest BCUT2D eigenvalue weighted by Crippen LogP contribution is -2.44. The quantitative estimate of drug-likeness (QED) is 0.0195. The van der Waals surface area contributed by atoms with Gasteiger partial charge in [-0.25, -0.2) is 0 Å². The number of likely N-dealkylation sites (N-methyl/N-ethyl adjacent to an activating group) is 1. The maximum atomic E-state index is 12.9. The first-order valence-electron chi connectivity index (χ1n) is 29.1. The number of ether oxygens (including phenoxy) is 4. The van der Waals surface area contributed by atoms with Gasteiger partial charge in [0.15, 0.2) is 12.4 Å². The predicted molar refractivity (Wildman–Crippen MR) is 297 cm³/mol. The van der Waals surface area contributed by atoms with Crippen molar-refractivity contribution in [2.45, 2.75) is 257 Å². The van der Waals surface area contributed by atoms with E-state index >= 15 is 0 Å². The van der Waals surface area contributed by atoms with E-state index in [2.05, 4.69) is 86.8 Å². The molecule has 0 saturated carbocycles. The van der Waals surface area contributed by atoms with Crippen molar-refractivity contribution in [3.63, 3.8) is 0 Å². The third-order valence-corrected chi connectivity index (χ3v) is 12.5. The zero-order valence-electron chi connectivity index (χ0n) is 46.6. The summed E-state index contributed by atoms with van der Waals surface area (Å²) in [5, 5.41) is 11.8. The molecule has 410 valence electrons. The minimum Gasteiger partial charge on any atom is -0.545 e. The maximum Gasteiger partial charge on any atom is 0.306 e. The number of aliphatic carboxylic acids is 1.